The third kappa shape index (κ3) is 3.74. The Morgan fingerprint density at radius 3 is 2.70 bits per heavy atom. The third-order valence-corrected chi connectivity index (χ3v) is 4.23. The zero-order chi connectivity index (χ0) is 14.5. The predicted molar refractivity (Wildman–Crippen MR) is 83.3 cm³/mol. The van der Waals surface area contributed by atoms with Crippen molar-refractivity contribution in [1.82, 2.24) is 9.88 Å². The largest absolute Gasteiger partial charge is 0.293 e. The molecule has 0 saturated heterocycles. The summed E-state index contributed by atoms with van der Waals surface area (Å²) in [5.74, 6) is 0.199. The van der Waals surface area contributed by atoms with E-state index in [1.807, 2.05) is 38.1 Å². The molecule has 0 N–H and O–H groups in total. The average molecular weight is 288 g/mol. The van der Waals surface area contributed by atoms with Crippen LogP contribution in [-0.4, -0.2) is 28.8 Å². The van der Waals surface area contributed by atoms with Crippen LogP contribution in [0.25, 0.3) is 0 Å². The first-order valence-electron chi connectivity index (χ1n) is 6.82. The molecule has 0 unspecified atom stereocenters. The molecule has 0 amide bonds. The molecule has 0 spiro atoms. The molecule has 2 rings (SSSR count). The molecule has 2 aromatic rings. The van der Waals surface area contributed by atoms with Crippen LogP contribution in [0.15, 0.2) is 30.5 Å². The van der Waals surface area contributed by atoms with Crippen LogP contribution in [0.5, 0.6) is 0 Å². The minimum Gasteiger partial charge on any atom is -0.293 e. The Balaban J connectivity index is 2.03. The number of ketones is 1. The molecule has 0 aliphatic carbocycles. The second kappa shape index (κ2) is 6.77. The van der Waals surface area contributed by atoms with Crippen molar-refractivity contribution >= 4 is 17.1 Å². The summed E-state index contributed by atoms with van der Waals surface area (Å²) in [6, 6.07) is 7.87. The highest BCUT2D eigenvalue weighted by molar-refractivity contribution is 7.12. The normalized spacial score (nSPS) is 11.0. The van der Waals surface area contributed by atoms with Gasteiger partial charge in [-0.3, -0.25) is 14.7 Å². The molecule has 0 saturated carbocycles. The van der Waals surface area contributed by atoms with Gasteiger partial charge in [0.2, 0.25) is 0 Å². The van der Waals surface area contributed by atoms with Crippen LogP contribution in [0.4, 0.5) is 0 Å². The first kappa shape index (κ1) is 14.9. The fourth-order valence-corrected chi connectivity index (χ4v) is 3.14. The highest BCUT2D eigenvalue weighted by Crippen LogP contribution is 2.21. The number of aromatic nitrogens is 1. The van der Waals surface area contributed by atoms with Crippen LogP contribution in [0.2, 0.25) is 0 Å². The lowest BCUT2D eigenvalue weighted by molar-refractivity contribution is 0.0928. The molecule has 0 atom stereocenters. The molecule has 0 aromatic carbocycles. The molecule has 0 fully saturated rings. The molecule has 20 heavy (non-hydrogen) atoms. The van der Waals surface area contributed by atoms with E-state index in [1.165, 1.54) is 4.88 Å². The second-order valence-corrected chi connectivity index (χ2v) is 6.33. The summed E-state index contributed by atoms with van der Waals surface area (Å²) in [6.45, 7) is 8.13. The summed E-state index contributed by atoms with van der Waals surface area (Å²) in [7, 11) is 0. The lowest BCUT2D eigenvalue weighted by Crippen LogP contribution is -2.29. The van der Waals surface area contributed by atoms with Crippen molar-refractivity contribution in [3.63, 3.8) is 0 Å². The topological polar surface area (TPSA) is 33.2 Å². The van der Waals surface area contributed by atoms with Crippen molar-refractivity contribution in [2.24, 2.45) is 0 Å². The van der Waals surface area contributed by atoms with Gasteiger partial charge in [-0.2, -0.15) is 0 Å². The van der Waals surface area contributed by atoms with Crippen molar-refractivity contribution in [3.8, 4) is 0 Å². The third-order valence-electron chi connectivity index (χ3n) is 3.27. The van der Waals surface area contributed by atoms with Gasteiger partial charge in [0.05, 0.1) is 12.2 Å². The Bertz CT molecular complexity index is 577. The monoisotopic (exact) mass is 288 g/mol. The number of carbonyl (C=O) groups is 1. The zero-order valence-corrected chi connectivity index (χ0v) is 13.0. The molecule has 3 nitrogen and oxygen atoms in total. The number of pyridine rings is 1. The number of hydrogen-bond donors (Lipinski definition) is 0. The molecular weight excluding hydrogens is 268 g/mol. The molecule has 106 valence electrons. The molecule has 4 heteroatoms. The van der Waals surface area contributed by atoms with Gasteiger partial charge in [0, 0.05) is 28.1 Å². The van der Waals surface area contributed by atoms with E-state index in [9.17, 15) is 4.79 Å². The van der Waals surface area contributed by atoms with Crippen molar-refractivity contribution in [2.75, 3.05) is 13.1 Å². The minimum absolute atomic E-state index is 0.199. The van der Waals surface area contributed by atoms with Gasteiger partial charge in [0.15, 0.2) is 5.78 Å². The molecule has 0 aliphatic heterocycles. The molecule has 2 aromatic heterocycles. The maximum Gasteiger partial charge on any atom is 0.177 e. The molecule has 0 aliphatic rings. The van der Waals surface area contributed by atoms with E-state index in [1.54, 1.807) is 17.5 Å². The Labute approximate surface area is 124 Å². The van der Waals surface area contributed by atoms with Gasteiger partial charge in [-0.15, -0.1) is 11.3 Å². The highest BCUT2D eigenvalue weighted by atomic mass is 32.1. The van der Waals surface area contributed by atoms with Gasteiger partial charge in [0.25, 0.3) is 0 Å². The minimum atomic E-state index is 0.199. The van der Waals surface area contributed by atoms with E-state index in [4.69, 9.17) is 0 Å². The summed E-state index contributed by atoms with van der Waals surface area (Å²) in [5.41, 5.74) is 1.87. The van der Waals surface area contributed by atoms with E-state index in [-0.39, 0.29) is 5.78 Å². The van der Waals surface area contributed by atoms with Gasteiger partial charge < -0.3 is 0 Å². The predicted octanol–water partition coefficient (Wildman–Crippen LogP) is 3.46. The highest BCUT2D eigenvalue weighted by Gasteiger charge is 2.15. The summed E-state index contributed by atoms with van der Waals surface area (Å²) in [5, 5.41) is 0. The fourth-order valence-electron chi connectivity index (χ4n) is 2.20. The van der Waals surface area contributed by atoms with Crippen molar-refractivity contribution in [2.45, 2.75) is 27.3 Å². The SMILES string of the molecule is CCN(CC(=O)c1cc(C)sc1C)Cc1ccccn1. The zero-order valence-electron chi connectivity index (χ0n) is 12.2. The van der Waals surface area contributed by atoms with Gasteiger partial charge >= 0.3 is 0 Å². The van der Waals surface area contributed by atoms with E-state index in [0.29, 0.717) is 13.1 Å². The van der Waals surface area contributed by atoms with Gasteiger partial charge in [-0.1, -0.05) is 13.0 Å². The number of carbonyl (C=O) groups excluding carboxylic acids is 1. The van der Waals surface area contributed by atoms with E-state index >= 15 is 0 Å². The summed E-state index contributed by atoms with van der Waals surface area (Å²) < 4.78 is 0. The van der Waals surface area contributed by atoms with Gasteiger partial charge in [-0.25, -0.2) is 0 Å². The summed E-state index contributed by atoms with van der Waals surface area (Å²) in [6.07, 6.45) is 1.79. The van der Waals surface area contributed by atoms with Crippen LogP contribution in [-0.2, 0) is 6.54 Å². The van der Waals surface area contributed by atoms with Crippen LogP contribution in [0, 0.1) is 13.8 Å². The lowest BCUT2D eigenvalue weighted by atomic mass is 10.1. The molecule has 0 radical (unpaired) electrons. The Morgan fingerprint density at radius 1 is 1.35 bits per heavy atom. The van der Waals surface area contributed by atoms with E-state index in [2.05, 4.69) is 16.8 Å². The number of aryl methyl sites for hydroxylation is 2. The first-order chi connectivity index (χ1) is 9.60. The molecule has 2 heterocycles. The number of nitrogens with zero attached hydrogens (tertiary/aromatic N) is 2. The lowest BCUT2D eigenvalue weighted by Gasteiger charge is -2.18. The van der Waals surface area contributed by atoms with E-state index < -0.39 is 0 Å². The maximum absolute atomic E-state index is 12.4. The number of thiophene rings is 1. The number of hydrogen-bond acceptors (Lipinski definition) is 4. The summed E-state index contributed by atoms with van der Waals surface area (Å²) >= 11 is 1.68. The Morgan fingerprint density at radius 2 is 2.15 bits per heavy atom. The van der Waals surface area contributed by atoms with Crippen molar-refractivity contribution in [1.29, 1.82) is 0 Å². The number of likely N-dealkylation sites (N-methyl/N-ethyl adjacent to an activating group) is 1. The maximum atomic E-state index is 12.4. The fraction of sp³-hybridized carbons (Fsp3) is 0.375. The van der Waals surface area contributed by atoms with E-state index in [0.717, 1.165) is 22.7 Å². The summed E-state index contributed by atoms with van der Waals surface area (Å²) in [4.78, 5) is 21.1. The van der Waals surface area contributed by atoms with Gasteiger partial charge in [-0.05, 0) is 38.6 Å². The van der Waals surface area contributed by atoms with Crippen LogP contribution in [0.3, 0.4) is 0 Å². The van der Waals surface area contributed by atoms with Crippen molar-refractivity contribution < 1.29 is 4.79 Å². The smallest absolute Gasteiger partial charge is 0.177 e. The van der Waals surface area contributed by atoms with Gasteiger partial charge in [0.1, 0.15) is 0 Å². The quantitative estimate of drug-likeness (QED) is 0.763. The molecule has 0 bridgehead atoms. The van der Waals surface area contributed by atoms with Crippen LogP contribution < -0.4 is 0 Å². The second-order valence-electron chi connectivity index (χ2n) is 4.87. The average Bonchev–Trinajstić information content (AvgIpc) is 2.78. The first-order valence-corrected chi connectivity index (χ1v) is 7.64. The van der Waals surface area contributed by atoms with Crippen molar-refractivity contribution in [3.05, 3.63) is 51.5 Å². The number of Topliss-reactive ketones (excluding diaryl/α,β-unsaturated/α-hetero) is 1. The Hall–Kier alpha value is -1.52. The van der Waals surface area contributed by atoms with Crippen LogP contribution >= 0.6 is 11.3 Å². The Kier molecular flexibility index (Phi) is 5.04. The molecular formula is C16H20N2OS. The standard InChI is InChI=1S/C16H20N2OS/c1-4-18(10-14-7-5-6-8-17-14)11-16(19)15-9-12(2)20-13(15)3/h5-9H,4,10-11H2,1-3H3. The van der Waals surface area contributed by atoms with Crippen LogP contribution in [0.1, 0.15) is 32.7 Å². The number of rotatable bonds is 6.